The van der Waals surface area contributed by atoms with E-state index in [-0.39, 0.29) is 46.6 Å². The van der Waals surface area contributed by atoms with E-state index in [1.807, 2.05) is 0 Å². The molecule has 1 fully saturated rings. The number of benzene rings is 2. The van der Waals surface area contributed by atoms with E-state index in [9.17, 15) is 36.3 Å². The number of alkyl halides is 5. The summed E-state index contributed by atoms with van der Waals surface area (Å²) in [5.74, 6) is -5.57. The molecule has 3 aromatic rings. The van der Waals surface area contributed by atoms with Crippen molar-refractivity contribution in [2.45, 2.75) is 50.9 Å². The Morgan fingerprint density at radius 3 is 2.44 bits per heavy atom. The number of halogens is 5. The zero-order valence-electron chi connectivity index (χ0n) is 24.2. The summed E-state index contributed by atoms with van der Waals surface area (Å²) in [7, 11) is 0. The number of nitrogens with zero attached hydrogens (tertiary/aromatic N) is 1. The van der Waals surface area contributed by atoms with E-state index in [4.69, 9.17) is 11.1 Å². The molecule has 3 amide bonds. The second-order valence-corrected chi connectivity index (χ2v) is 12.7. The molecule has 0 spiro atoms. The van der Waals surface area contributed by atoms with Crippen LogP contribution in [0.1, 0.15) is 64.7 Å². The predicted octanol–water partition coefficient (Wildman–Crippen LogP) is 5.32. The van der Waals surface area contributed by atoms with E-state index in [0.29, 0.717) is 10.4 Å². The van der Waals surface area contributed by atoms with Crippen LogP contribution in [0.25, 0.3) is 11.1 Å². The predicted molar refractivity (Wildman–Crippen MR) is 158 cm³/mol. The highest BCUT2D eigenvalue weighted by Gasteiger charge is 2.51. The Kier molecular flexibility index (Phi) is 8.23. The Hall–Kier alpha value is -4.33. The van der Waals surface area contributed by atoms with Crippen molar-refractivity contribution in [2.24, 2.45) is 11.1 Å². The van der Waals surface area contributed by atoms with Crippen LogP contribution in [0.3, 0.4) is 0 Å². The molecule has 0 saturated carbocycles. The van der Waals surface area contributed by atoms with Crippen molar-refractivity contribution in [1.29, 1.82) is 5.41 Å². The van der Waals surface area contributed by atoms with Gasteiger partial charge in [0.1, 0.15) is 11.9 Å². The number of thiophene rings is 1. The van der Waals surface area contributed by atoms with Crippen LogP contribution in [0.5, 0.6) is 0 Å². The Morgan fingerprint density at radius 1 is 1.09 bits per heavy atom. The van der Waals surface area contributed by atoms with E-state index in [1.165, 1.54) is 48.6 Å². The number of fused-ring (bicyclic) bond motifs is 3. The van der Waals surface area contributed by atoms with Crippen LogP contribution in [0, 0.1) is 10.8 Å². The highest BCUT2D eigenvalue weighted by molar-refractivity contribution is 7.10. The largest absolute Gasteiger partial charge is 0.389 e. The molecule has 1 saturated heterocycles. The van der Waals surface area contributed by atoms with Crippen LogP contribution in [-0.2, 0) is 15.5 Å². The molecule has 2 heterocycles. The lowest BCUT2D eigenvalue weighted by Crippen LogP contribution is -2.49. The van der Waals surface area contributed by atoms with Crippen molar-refractivity contribution in [3.63, 3.8) is 0 Å². The summed E-state index contributed by atoms with van der Waals surface area (Å²) in [4.78, 5) is 41.4. The van der Waals surface area contributed by atoms with Crippen LogP contribution in [-0.4, -0.2) is 53.8 Å². The fourth-order valence-corrected chi connectivity index (χ4v) is 6.97. The average Bonchev–Trinajstić information content (AvgIpc) is 3.65. The van der Waals surface area contributed by atoms with Gasteiger partial charge in [-0.15, -0.1) is 11.3 Å². The molecule has 0 unspecified atom stereocenters. The van der Waals surface area contributed by atoms with Gasteiger partial charge in [0.15, 0.2) is 0 Å². The molecule has 238 valence electrons. The average molecular weight is 648 g/mol. The van der Waals surface area contributed by atoms with Crippen LogP contribution in [0.2, 0.25) is 0 Å². The third kappa shape index (κ3) is 6.42. The fourth-order valence-electron chi connectivity index (χ4n) is 6.05. The van der Waals surface area contributed by atoms with Crippen LogP contribution in [0.4, 0.5) is 22.0 Å². The molecule has 3 atom stereocenters. The molecule has 2 aliphatic rings. The smallest absolute Gasteiger partial charge is 0.384 e. The Bertz CT molecular complexity index is 1690. The number of nitrogens with two attached hydrogens (primary N) is 1. The van der Waals surface area contributed by atoms with Gasteiger partial charge in [0.2, 0.25) is 11.8 Å². The number of hydrogen-bond acceptors (Lipinski definition) is 5. The van der Waals surface area contributed by atoms with E-state index in [2.05, 4.69) is 10.6 Å². The number of amidine groups is 1. The van der Waals surface area contributed by atoms with E-state index < -0.39 is 60.3 Å². The van der Waals surface area contributed by atoms with Gasteiger partial charge in [0, 0.05) is 39.1 Å². The van der Waals surface area contributed by atoms with E-state index in [1.54, 1.807) is 24.4 Å². The summed E-state index contributed by atoms with van der Waals surface area (Å²) in [6, 6.07) is 9.42. The van der Waals surface area contributed by atoms with Gasteiger partial charge in [-0.3, -0.25) is 19.8 Å². The Balaban J connectivity index is 1.31. The van der Waals surface area contributed by atoms with Gasteiger partial charge in [-0.2, -0.15) is 22.0 Å². The van der Waals surface area contributed by atoms with Gasteiger partial charge in [0.25, 0.3) is 11.8 Å². The molecule has 8 nitrogen and oxygen atoms in total. The molecule has 1 aliphatic heterocycles. The quantitative estimate of drug-likeness (QED) is 0.150. The van der Waals surface area contributed by atoms with Crippen molar-refractivity contribution in [1.82, 2.24) is 15.5 Å². The van der Waals surface area contributed by atoms with Gasteiger partial charge >= 0.3 is 6.18 Å². The molecule has 45 heavy (non-hydrogen) atoms. The minimum atomic E-state index is -4.54. The number of nitrogen functional groups attached to an aromatic ring is 1. The number of likely N-dealkylation sites (tertiary alicyclic amines) is 1. The standard InChI is InChI=1S/C31H30F5N5O3S/c1-16(24-10-18(13-45-24)26(37)38)40-28(44)23-11-29(2,14-30(32,33)34)15-41(23)25(42)12-39-27(43)17-7-8-22-20(9-17)19-5-3-4-6-21(19)31(22,35)36/h3-10,13,16,23H,11-12,14-15H2,1-2H3,(H3,37,38)(H,39,43)(H,40,44)/t16-,23-,29-/m1/s1. The van der Waals surface area contributed by atoms with Crippen molar-refractivity contribution < 1.29 is 36.3 Å². The van der Waals surface area contributed by atoms with Crippen molar-refractivity contribution >= 4 is 34.9 Å². The first-order valence-electron chi connectivity index (χ1n) is 14.0. The summed E-state index contributed by atoms with van der Waals surface area (Å²) >= 11 is 1.24. The van der Waals surface area contributed by atoms with Crippen molar-refractivity contribution in [2.75, 3.05) is 13.1 Å². The maximum atomic E-state index is 14.9. The number of hydrogen-bond donors (Lipinski definition) is 4. The Morgan fingerprint density at radius 2 is 1.78 bits per heavy atom. The van der Waals surface area contributed by atoms with Crippen LogP contribution >= 0.6 is 11.3 Å². The third-order valence-electron chi connectivity index (χ3n) is 8.16. The zero-order chi connectivity index (χ0) is 32.9. The SMILES string of the molecule is C[C@@H](NC(=O)[C@H]1C[C@](C)(CC(F)(F)F)CN1C(=O)CNC(=O)c1ccc2c(c1)-c1ccccc1C2(F)F)c1cc(C(=N)N)cs1. The van der Waals surface area contributed by atoms with Gasteiger partial charge in [-0.25, -0.2) is 0 Å². The lowest BCUT2D eigenvalue weighted by molar-refractivity contribution is -0.156. The molecule has 0 radical (unpaired) electrons. The molecular formula is C31H30F5N5O3S. The third-order valence-corrected chi connectivity index (χ3v) is 9.27. The van der Waals surface area contributed by atoms with Gasteiger partial charge < -0.3 is 21.3 Å². The minimum absolute atomic E-state index is 0.0152. The molecule has 1 aromatic heterocycles. The van der Waals surface area contributed by atoms with Gasteiger partial charge in [0.05, 0.1) is 19.0 Å². The topological polar surface area (TPSA) is 128 Å². The van der Waals surface area contributed by atoms with Crippen LogP contribution in [0.15, 0.2) is 53.9 Å². The highest BCUT2D eigenvalue weighted by Crippen LogP contribution is 2.51. The maximum absolute atomic E-state index is 14.9. The molecule has 5 N–H and O–H groups in total. The minimum Gasteiger partial charge on any atom is -0.384 e. The highest BCUT2D eigenvalue weighted by atomic mass is 32.1. The summed E-state index contributed by atoms with van der Waals surface area (Å²) in [6.07, 6.45) is -6.02. The number of rotatable bonds is 8. The Labute approximate surface area is 259 Å². The second kappa shape index (κ2) is 11.5. The first-order valence-corrected chi connectivity index (χ1v) is 14.9. The molecule has 1 aliphatic carbocycles. The number of amides is 3. The van der Waals surface area contributed by atoms with Crippen LogP contribution < -0.4 is 16.4 Å². The monoisotopic (exact) mass is 647 g/mol. The zero-order valence-corrected chi connectivity index (χ0v) is 25.0. The van der Waals surface area contributed by atoms with Crippen molar-refractivity contribution in [3.8, 4) is 11.1 Å². The lowest BCUT2D eigenvalue weighted by Gasteiger charge is -2.26. The first kappa shape index (κ1) is 32.1. The summed E-state index contributed by atoms with van der Waals surface area (Å²) in [5, 5.41) is 14.4. The van der Waals surface area contributed by atoms with E-state index in [0.717, 1.165) is 11.0 Å². The molecule has 5 rings (SSSR count). The van der Waals surface area contributed by atoms with E-state index >= 15 is 0 Å². The fraction of sp³-hybridized carbons (Fsp3) is 0.355. The van der Waals surface area contributed by atoms with Gasteiger partial charge in [-0.1, -0.05) is 37.3 Å². The van der Waals surface area contributed by atoms with Gasteiger partial charge in [-0.05, 0) is 48.1 Å². The van der Waals surface area contributed by atoms with Crippen molar-refractivity contribution in [3.05, 3.63) is 81.0 Å². The molecule has 0 bridgehead atoms. The molecular weight excluding hydrogens is 617 g/mol. The lowest BCUT2D eigenvalue weighted by atomic mass is 9.84. The summed E-state index contributed by atoms with van der Waals surface area (Å²) < 4.78 is 70.2. The summed E-state index contributed by atoms with van der Waals surface area (Å²) in [5.41, 5.74) is 4.57. The number of carbonyl (C=O) groups excluding carboxylic acids is 3. The normalized spacial score (nSPS) is 20.7. The molecule has 14 heteroatoms. The molecule has 2 aromatic carbocycles. The number of carbonyl (C=O) groups is 3. The summed E-state index contributed by atoms with van der Waals surface area (Å²) in [6.45, 7) is 2.02. The number of nitrogens with one attached hydrogen (secondary N) is 3. The second-order valence-electron chi connectivity index (χ2n) is 11.8. The maximum Gasteiger partial charge on any atom is 0.389 e. The first-order chi connectivity index (χ1) is 21.0.